The number of carbonyl (C=O) groups excluding carboxylic acids is 4. The molecule has 1 unspecified atom stereocenters. The van der Waals surface area contributed by atoms with E-state index in [1.54, 1.807) is 18.2 Å². The molecule has 0 spiro atoms. The van der Waals surface area contributed by atoms with Crippen LogP contribution >= 0.6 is 0 Å². The summed E-state index contributed by atoms with van der Waals surface area (Å²) in [6, 6.07) is 6.78. The minimum atomic E-state index is -1.98. The van der Waals surface area contributed by atoms with Gasteiger partial charge in [0.25, 0.3) is 5.91 Å². The number of benzene rings is 2. The van der Waals surface area contributed by atoms with Crippen LogP contribution in [0.15, 0.2) is 30.3 Å². The second-order valence-electron chi connectivity index (χ2n) is 10.0. The molecule has 5 rings (SSSR count). The SMILES string of the molecule is [B]c1cc(C([B])([B])Oc2cccc3c2CN(C2CCC(=O)NC2=O)C3=O)cc([B])c1C([B])([B])N1CCOCC1=O. The van der Waals surface area contributed by atoms with E-state index in [0.29, 0.717) is 11.1 Å². The Balaban J connectivity index is 1.42. The monoisotopic (exact) mass is 523 g/mol. The molecule has 2 fully saturated rings. The molecule has 3 aliphatic rings. The highest BCUT2D eigenvalue weighted by molar-refractivity contribution is 6.48. The number of hydrogen-bond donors (Lipinski definition) is 1. The van der Waals surface area contributed by atoms with Crippen LogP contribution < -0.4 is 21.0 Å². The van der Waals surface area contributed by atoms with E-state index in [0.717, 1.165) is 0 Å². The molecule has 3 aliphatic heterocycles. The summed E-state index contributed by atoms with van der Waals surface area (Å²) in [5.74, 6) is -1.51. The van der Waals surface area contributed by atoms with Crippen molar-refractivity contribution in [1.29, 1.82) is 0 Å². The number of morpholine rings is 1. The van der Waals surface area contributed by atoms with Gasteiger partial charge in [-0.05, 0) is 29.5 Å². The number of piperidine rings is 1. The fraction of sp³-hybridized carbons (Fsp3) is 0.360. The summed E-state index contributed by atoms with van der Waals surface area (Å²) < 4.78 is 11.1. The van der Waals surface area contributed by atoms with Gasteiger partial charge in [0, 0.05) is 29.5 Å². The second kappa shape index (κ2) is 10.3. The highest BCUT2D eigenvalue weighted by Crippen LogP contribution is 2.36. The lowest BCUT2D eigenvalue weighted by atomic mass is 9.51. The summed E-state index contributed by atoms with van der Waals surface area (Å²) in [6.45, 7) is 0.252. The minimum Gasteiger partial charge on any atom is -0.502 e. The molecule has 0 bridgehead atoms. The molecule has 0 saturated carbocycles. The molecule has 0 aliphatic carbocycles. The first-order chi connectivity index (χ1) is 18.8. The molecule has 188 valence electrons. The van der Waals surface area contributed by atoms with Gasteiger partial charge in [0.05, 0.1) is 28.8 Å². The van der Waals surface area contributed by atoms with Crippen molar-refractivity contribution in [1.82, 2.24) is 15.1 Å². The average Bonchev–Trinajstić information content (AvgIpc) is 3.20. The Morgan fingerprint density at radius 1 is 1.02 bits per heavy atom. The maximum absolute atomic E-state index is 13.1. The summed E-state index contributed by atoms with van der Waals surface area (Å²) in [6.07, 6.45) is 0.336. The first-order valence-electron chi connectivity index (χ1n) is 12.5. The van der Waals surface area contributed by atoms with Gasteiger partial charge >= 0.3 is 0 Å². The zero-order chi connectivity index (χ0) is 29.0. The Morgan fingerprint density at radius 2 is 1.73 bits per heavy atom. The summed E-state index contributed by atoms with van der Waals surface area (Å²) in [5.41, 5.74) is 1.12. The van der Waals surface area contributed by atoms with Crippen LogP contribution in [0.4, 0.5) is 0 Å². The van der Waals surface area contributed by atoms with E-state index < -0.39 is 28.6 Å². The van der Waals surface area contributed by atoms with E-state index in [1.165, 1.54) is 21.9 Å². The molecule has 15 heteroatoms. The van der Waals surface area contributed by atoms with Gasteiger partial charge in [0.15, 0.2) is 0 Å². The van der Waals surface area contributed by atoms with Crippen molar-refractivity contribution in [3.8, 4) is 5.75 Å². The summed E-state index contributed by atoms with van der Waals surface area (Å²) >= 11 is 0. The number of ether oxygens (including phenoxy) is 2. The van der Waals surface area contributed by atoms with E-state index in [-0.39, 0.29) is 78.8 Å². The van der Waals surface area contributed by atoms with E-state index in [9.17, 15) is 19.2 Å². The Labute approximate surface area is 239 Å². The van der Waals surface area contributed by atoms with Gasteiger partial charge in [-0.15, -0.1) is 0 Å². The lowest BCUT2D eigenvalue weighted by Gasteiger charge is -2.45. The van der Waals surface area contributed by atoms with Crippen LogP contribution in [0.2, 0.25) is 0 Å². The molecular weight excluding hydrogens is 503 g/mol. The van der Waals surface area contributed by atoms with Crippen LogP contribution in [0.5, 0.6) is 5.75 Å². The summed E-state index contributed by atoms with van der Waals surface area (Å²) in [7, 11) is 38.0. The number of fused-ring (bicyclic) bond motifs is 1. The van der Waals surface area contributed by atoms with Gasteiger partial charge < -0.3 is 19.3 Å². The van der Waals surface area contributed by atoms with Gasteiger partial charge in [-0.1, -0.05) is 34.7 Å². The van der Waals surface area contributed by atoms with Crippen LogP contribution in [-0.2, 0) is 36.4 Å². The van der Waals surface area contributed by atoms with Crippen molar-refractivity contribution >= 4 is 81.6 Å². The molecule has 2 saturated heterocycles. The highest BCUT2D eigenvalue weighted by atomic mass is 16.5. The highest BCUT2D eigenvalue weighted by Gasteiger charge is 2.41. The van der Waals surface area contributed by atoms with Gasteiger partial charge in [0.2, 0.25) is 17.7 Å². The molecule has 4 amide bonds. The largest absolute Gasteiger partial charge is 0.502 e. The smallest absolute Gasteiger partial charge is 0.255 e. The Morgan fingerprint density at radius 3 is 2.38 bits per heavy atom. The predicted molar refractivity (Wildman–Crippen MR) is 149 cm³/mol. The maximum atomic E-state index is 13.1. The summed E-state index contributed by atoms with van der Waals surface area (Å²) in [4.78, 5) is 52.1. The molecule has 0 aromatic heterocycles. The van der Waals surface area contributed by atoms with Gasteiger partial charge in [-0.3, -0.25) is 24.5 Å². The molecule has 40 heavy (non-hydrogen) atoms. The molecular formula is C25H19B6N3O6. The van der Waals surface area contributed by atoms with Crippen LogP contribution in [0.1, 0.15) is 39.9 Å². The van der Waals surface area contributed by atoms with Crippen molar-refractivity contribution in [3.63, 3.8) is 0 Å². The third-order valence-corrected chi connectivity index (χ3v) is 7.30. The first-order valence-corrected chi connectivity index (χ1v) is 12.5. The fourth-order valence-corrected chi connectivity index (χ4v) is 5.31. The number of nitrogens with zero attached hydrogens (tertiary/aromatic N) is 2. The number of amides is 4. The van der Waals surface area contributed by atoms with Crippen molar-refractivity contribution < 1.29 is 28.7 Å². The van der Waals surface area contributed by atoms with Crippen LogP contribution in [0.3, 0.4) is 0 Å². The van der Waals surface area contributed by atoms with Crippen molar-refractivity contribution in [2.75, 3.05) is 19.8 Å². The normalized spacial score (nSPS) is 19.9. The van der Waals surface area contributed by atoms with E-state index in [1.807, 2.05) is 0 Å². The Bertz CT molecular complexity index is 1410. The van der Waals surface area contributed by atoms with E-state index >= 15 is 0 Å². The Kier molecular flexibility index (Phi) is 7.23. The molecule has 2 aromatic rings. The zero-order valence-corrected chi connectivity index (χ0v) is 21.5. The predicted octanol–water partition coefficient (Wildman–Crippen LogP) is -3.13. The third kappa shape index (κ3) is 4.89. The molecule has 1 N–H and O–H groups in total. The maximum Gasteiger partial charge on any atom is 0.255 e. The summed E-state index contributed by atoms with van der Waals surface area (Å²) in [5, 5.41) is -1.55. The van der Waals surface area contributed by atoms with Crippen LogP contribution in [0.25, 0.3) is 0 Å². The molecule has 3 heterocycles. The van der Waals surface area contributed by atoms with Gasteiger partial charge in [-0.2, -0.15) is 0 Å². The average molecular weight is 522 g/mol. The van der Waals surface area contributed by atoms with Crippen molar-refractivity contribution in [2.24, 2.45) is 0 Å². The fourth-order valence-electron chi connectivity index (χ4n) is 5.31. The van der Waals surface area contributed by atoms with Crippen molar-refractivity contribution in [2.45, 2.75) is 36.2 Å². The minimum absolute atomic E-state index is 0.0284. The number of nitrogens with one attached hydrogen (secondary N) is 1. The molecule has 2 aromatic carbocycles. The second-order valence-corrected chi connectivity index (χ2v) is 10.0. The first kappa shape index (κ1) is 28.2. The lowest BCUT2D eigenvalue weighted by Crippen LogP contribution is -2.59. The van der Waals surface area contributed by atoms with E-state index in [4.69, 9.17) is 56.6 Å². The van der Waals surface area contributed by atoms with Gasteiger partial charge in [0.1, 0.15) is 49.8 Å². The quantitative estimate of drug-likeness (QED) is 0.318. The number of carbonyl (C=O) groups is 4. The van der Waals surface area contributed by atoms with Crippen molar-refractivity contribution in [3.05, 3.63) is 52.6 Å². The zero-order valence-electron chi connectivity index (χ0n) is 21.5. The Hall–Kier alpha value is -3.33. The molecule has 1 atom stereocenters. The lowest BCUT2D eigenvalue weighted by molar-refractivity contribution is -0.145. The number of imide groups is 1. The molecule has 9 nitrogen and oxygen atoms in total. The van der Waals surface area contributed by atoms with Crippen LogP contribution in [-0.4, -0.2) is 106 Å². The number of hydrogen-bond acceptors (Lipinski definition) is 6. The molecule has 12 radical (unpaired) electrons. The number of rotatable bonds is 6. The third-order valence-electron chi connectivity index (χ3n) is 7.30. The van der Waals surface area contributed by atoms with Crippen LogP contribution in [0, 0.1) is 0 Å². The van der Waals surface area contributed by atoms with E-state index in [2.05, 4.69) is 5.32 Å². The van der Waals surface area contributed by atoms with Gasteiger partial charge in [-0.25, -0.2) is 0 Å². The topological polar surface area (TPSA) is 105 Å². The standard InChI is InChI=1S/C25H19B6N3O6/c26-15-8-12(9-16(27)21(15)24(28,29)34-6-7-39-11-20(34)36)25(30,31)40-18-3-1-2-13-14(18)10-33(23(13)38)17-4-5-19(35)32-22(17)37/h1-3,8-9,17H,4-7,10-11H2,(H,32,35,37).